The Balaban J connectivity index is 2.10. The maximum atomic E-state index is 6.21. The van der Waals surface area contributed by atoms with E-state index in [1.807, 2.05) is 24.3 Å². The summed E-state index contributed by atoms with van der Waals surface area (Å²) in [5.74, 6) is 0.836. The maximum Gasteiger partial charge on any atom is 0.113 e. The molecule has 0 spiro atoms. The Morgan fingerprint density at radius 3 is 2.94 bits per heavy atom. The molecular formula is C13H13N3O. The lowest BCUT2D eigenvalue weighted by Crippen LogP contribution is -2.14. The summed E-state index contributed by atoms with van der Waals surface area (Å²) in [6.07, 6.45) is 6.34. The predicted octanol–water partition coefficient (Wildman–Crippen LogP) is 1.93. The Hall–Kier alpha value is -1.94. The summed E-state index contributed by atoms with van der Waals surface area (Å²) >= 11 is 0. The van der Waals surface area contributed by atoms with Crippen LogP contribution in [0.1, 0.15) is 18.0 Å². The second kappa shape index (κ2) is 4.14. The smallest absolute Gasteiger partial charge is 0.113 e. The van der Waals surface area contributed by atoms with Crippen molar-refractivity contribution in [1.29, 1.82) is 0 Å². The van der Waals surface area contributed by atoms with Gasteiger partial charge in [0.05, 0.1) is 23.7 Å². The van der Waals surface area contributed by atoms with Crippen LogP contribution < -0.4 is 5.73 Å². The zero-order valence-corrected chi connectivity index (χ0v) is 9.34. The van der Waals surface area contributed by atoms with E-state index in [9.17, 15) is 0 Å². The van der Waals surface area contributed by atoms with Crippen molar-refractivity contribution < 1.29 is 4.74 Å². The monoisotopic (exact) mass is 227 g/mol. The molecule has 4 nitrogen and oxygen atoms in total. The van der Waals surface area contributed by atoms with Crippen LogP contribution in [0.4, 0.5) is 0 Å². The summed E-state index contributed by atoms with van der Waals surface area (Å²) in [5, 5.41) is 0. The third kappa shape index (κ3) is 1.76. The molecule has 0 fully saturated rings. The number of rotatable bonds is 2. The molecule has 3 rings (SSSR count). The van der Waals surface area contributed by atoms with Crippen molar-refractivity contribution in [3.05, 3.63) is 48.0 Å². The van der Waals surface area contributed by atoms with E-state index in [1.54, 1.807) is 12.4 Å². The Morgan fingerprint density at radius 1 is 1.24 bits per heavy atom. The molecule has 1 aliphatic heterocycles. The van der Waals surface area contributed by atoms with Gasteiger partial charge in [-0.1, -0.05) is 12.1 Å². The zero-order valence-electron chi connectivity index (χ0n) is 9.34. The van der Waals surface area contributed by atoms with Gasteiger partial charge in [-0.3, -0.25) is 9.97 Å². The zero-order chi connectivity index (χ0) is 11.7. The number of para-hydroxylation sites is 1. The van der Waals surface area contributed by atoms with Gasteiger partial charge in [-0.2, -0.15) is 0 Å². The van der Waals surface area contributed by atoms with Gasteiger partial charge in [0.25, 0.3) is 0 Å². The number of fused-ring (bicyclic) bond motifs is 1. The molecule has 1 aromatic carbocycles. The predicted molar refractivity (Wildman–Crippen MR) is 65.1 cm³/mol. The average molecular weight is 227 g/mol. The van der Waals surface area contributed by atoms with Crippen molar-refractivity contribution >= 4 is 11.0 Å². The molecule has 2 heterocycles. The summed E-state index contributed by atoms with van der Waals surface area (Å²) in [6.45, 7) is 0.722. The van der Waals surface area contributed by atoms with Gasteiger partial charge >= 0.3 is 0 Å². The van der Waals surface area contributed by atoms with Gasteiger partial charge in [0.15, 0.2) is 0 Å². The first-order valence-electron chi connectivity index (χ1n) is 5.64. The first-order chi connectivity index (χ1) is 8.36. The molecule has 0 radical (unpaired) electrons. The first-order valence-corrected chi connectivity index (χ1v) is 5.64. The number of benzene rings is 1. The molecule has 1 unspecified atom stereocenters. The molecule has 1 aromatic heterocycles. The van der Waals surface area contributed by atoms with Gasteiger partial charge < -0.3 is 10.5 Å². The highest BCUT2D eigenvalue weighted by Gasteiger charge is 2.19. The van der Waals surface area contributed by atoms with Crippen molar-refractivity contribution in [2.75, 3.05) is 6.61 Å². The third-order valence-electron chi connectivity index (χ3n) is 2.90. The Bertz CT molecular complexity index is 574. The number of hydrogen-bond acceptors (Lipinski definition) is 4. The standard InChI is InChI=1S/C13H13N3O/c14-12(11-5-2-8-17-11)9-3-1-4-10-13(9)16-7-6-15-10/h1,3-7,12H,2,8,14H2. The molecule has 1 atom stereocenters. The van der Waals surface area contributed by atoms with Crippen molar-refractivity contribution in [3.63, 3.8) is 0 Å². The van der Waals surface area contributed by atoms with Gasteiger partial charge in [0.2, 0.25) is 0 Å². The SMILES string of the molecule is NC(C1=CCCO1)c1cccc2nccnc12. The van der Waals surface area contributed by atoms with Gasteiger partial charge in [-0.05, 0) is 12.1 Å². The fraction of sp³-hybridized carbons (Fsp3) is 0.231. The Morgan fingerprint density at radius 2 is 2.12 bits per heavy atom. The highest BCUT2D eigenvalue weighted by Crippen LogP contribution is 2.27. The fourth-order valence-electron chi connectivity index (χ4n) is 2.07. The van der Waals surface area contributed by atoms with Gasteiger partial charge in [0.1, 0.15) is 5.76 Å². The van der Waals surface area contributed by atoms with Crippen molar-refractivity contribution in [2.45, 2.75) is 12.5 Å². The molecule has 2 N–H and O–H groups in total. The minimum Gasteiger partial charge on any atom is -0.496 e. The summed E-state index contributed by atoms with van der Waals surface area (Å²) in [7, 11) is 0. The minimum absolute atomic E-state index is 0.252. The van der Waals surface area contributed by atoms with E-state index in [-0.39, 0.29) is 6.04 Å². The van der Waals surface area contributed by atoms with Crippen LogP contribution in [0.3, 0.4) is 0 Å². The van der Waals surface area contributed by atoms with Crippen LogP contribution in [0.15, 0.2) is 42.4 Å². The summed E-state index contributed by atoms with van der Waals surface area (Å²) in [5.41, 5.74) is 8.87. The third-order valence-corrected chi connectivity index (χ3v) is 2.90. The quantitative estimate of drug-likeness (QED) is 0.851. The van der Waals surface area contributed by atoms with Gasteiger partial charge in [0, 0.05) is 24.4 Å². The molecular weight excluding hydrogens is 214 g/mol. The Kier molecular flexibility index (Phi) is 2.49. The normalized spacial score (nSPS) is 16.6. The second-order valence-corrected chi connectivity index (χ2v) is 3.99. The van der Waals surface area contributed by atoms with Crippen LogP contribution in [0.25, 0.3) is 11.0 Å². The largest absolute Gasteiger partial charge is 0.496 e. The molecule has 17 heavy (non-hydrogen) atoms. The van der Waals surface area contributed by atoms with E-state index >= 15 is 0 Å². The lowest BCUT2D eigenvalue weighted by atomic mass is 10.0. The van der Waals surface area contributed by atoms with Gasteiger partial charge in [-0.25, -0.2) is 0 Å². The number of ether oxygens (including phenoxy) is 1. The Labute approximate surface area is 99.1 Å². The average Bonchev–Trinajstić information content (AvgIpc) is 2.91. The van der Waals surface area contributed by atoms with E-state index in [0.29, 0.717) is 0 Å². The topological polar surface area (TPSA) is 61.0 Å². The minimum atomic E-state index is -0.252. The summed E-state index contributed by atoms with van der Waals surface area (Å²) < 4.78 is 5.51. The van der Waals surface area contributed by atoms with Crippen LogP contribution >= 0.6 is 0 Å². The summed E-state index contributed by atoms with van der Waals surface area (Å²) in [4.78, 5) is 8.62. The molecule has 1 aliphatic rings. The lowest BCUT2D eigenvalue weighted by molar-refractivity contribution is 0.225. The summed E-state index contributed by atoms with van der Waals surface area (Å²) in [6, 6.07) is 5.60. The fourth-order valence-corrected chi connectivity index (χ4v) is 2.07. The molecule has 0 saturated heterocycles. The number of nitrogens with two attached hydrogens (primary N) is 1. The molecule has 0 aliphatic carbocycles. The van der Waals surface area contributed by atoms with E-state index in [4.69, 9.17) is 10.5 Å². The molecule has 2 aromatic rings. The van der Waals surface area contributed by atoms with E-state index in [2.05, 4.69) is 9.97 Å². The number of hydrogen-bond donors (Lipinski definition) is 1. The molecule has 0 bridgehead atoms. The van der Waals surface area contributed by atoms with E-state index in [0.717, 1.165) is 35.4 Å². The van der Waals surface area contributed by atoms with Crippen LogP contribution in [0, 0.1) is 0 Å². The highest BCUT2D eigenvalue weighted by molar-refractivity contribution is 5.78. The number of nitrogens with zero attached hydrogens (tertiary/aromatic N) is 2. The first kappa shape index (κ1) is 10.2. The van der Waals surface area contributed by atoms with Crippen LogP contribution in [0.2, 0.25) is 0 Å². The lowest BCUT2D eigenvalue weighted by Gasteiger charge is -2.14. The van der Waals surface area contributed by atoms with Crippen molar-refractivity contribution in [2.24, 2.45) is 5.73 Å². The van der Waals surface area contributed by atoms with E-state index < -0.39 is 0 Å². The molecule has 4 heteroatoms. The maximum absolute atomic E-state index is 6.21. The molecule has 0 amide bonds. The van der Waals surface area contributed by atoms with Gasteiger partial charge in [-0.15, -0.1) is 0 Å². The van der Waals surface area contributed by atoms with Crippen LogP contribution in [-0.2, 0) is 4.74 Å². The second-order valence-electron chi connectivity index (χ2n) is 3.99. The van der Waals surface area contributed by atoms with Crippen LogP contribution in [0.5, 0.6) is 0 Å². The van der Waals surface area contributed by atoms with Crippen LogP contribution in [-0.4, -0.2) is 16.6 Å². The molecule has 86 valence electrons. The van der Waals surface area contributed by atoms with Crippen molar-refractivity contribution in [3.8, 4) is 0 Å². The van der Waals surface area contributed by atoms with E-state index in [1.165, 1.54) is 0 Å². The van der Waals surface area contributed by atoms with Crippen molar-refractivity contribution in [1.82, 2.24) is 9.97 Å². The number of aromatic nitrogens is 2. The molecule has 0 saturated carbocycles. The highest BCUT2D eigenvalue weighted by atomic mass is 16.5.